The smallest absolute Gasteiger partial charge is 0.254 e. The lowest BCUT2D eigenvalue weighted by Gasteiger charge is -2.23. The predicted molar refractivity (Wildman–Crippen MR) is 103 cm³/mol. The summed E-state index contributed by atoms with van der Waals surface area (Å²) in [5, 5.41) is 5.92. The van der Waals surface area contributed by atoms with Crippen LogP contribution in [0.5, 0.6) is 0 Å². The van der Waals surface area contributed by atoms with Gasteiger partial charge in [0.2, 0.25) is 10.0 Å². The molecule has 0 saturated carbocycles. The maximum atomic E-state index is 12.8. The average molecular weight is 410 g/mol. The SMILES string of the molecule is C[C@H](c1nc2ccccc2s1)N(C)C(=O)c1ccc(Cl)c(S(N)(=O)=O)c1. The topological polar surface area (TPSA) is 93.4 Å². The van der Waals surface area contributed by atoms with E-state index in [1.54, 1.807) is 7.05 Å². The van der Waals surface area contributed by atoms with Gasteiger partial charge in [-0.1, -0.05) is 23.7 Å². The van der Waals surface area contributed by atoms with E-state index in [-0.39, 0.29) is 27.4 Å². The number of halogens is 1. The first-order chi connectivity index (χ1) is 12.2. The van der Waals surface area contributed by atoms with Crippen molar-refractivity contribution in [3.05, 3.63) is 58.1 Å². The Morgan fingerprint density at radius 3 is 2.62 bits per heavy atom. The Kier molecular flexibility index (Phi) is 5.03. The van der Waals surface area contributed by atoms with E-state index in [1.165, 1.54) is 34.4 Å². The van der Waals surface area contributed by atoms with Gasteiger partial charge in [0.1, 0.15) is 9.90 Å². The molecule has 0 saturated heterocycles. The van der Waals surface area contributed by atoms with Crippen molar-refractivity contribution >= 4 is 49.1 Å². The summed E-state index contributed by atoms with van der Waals surface area (Å²) in [6, 6.07) is 11.5. The van der Waals surface area contributed by atoms with Crippen LogP contribution in [0, 0.1) is 0 Å². The number of primary sulfonamides is 1. The molecular formula is C17H16ClN3O3S2. The number of hydrogen-bond acceptors (Lipinski definition) is 5. The average Bonchev–Trinajstić information content (AvgIpc) is 3.03. The third-order valence-electron chi connectivity index (χ3n) is 4.05. The molecule has 1 amide bonds. The number of nitrogens with two attached hydrogens (primary N) is 1. The van der Waals surface area contributed by atoms with E-state index in [1.807, 2.05) is 31.2 Å². The van der Waals surface area contributed by atoms with Crippen molar-refractivity contribution in [2.45, 2.75) is 17.9 Å². The number of sulfonamides is 1. The normalized spacial score (nSPS) is 12.9. The number of para-hydroxylation sites is 1. The lowest BCUT2D eigenvalue weighted by atomic mass is 10.2. The van der Waals surface area contributed by atoms with E-state index in [0.717, 1.165) is 15.2 Å². The van der Waals surface area contributed by atoms with Gasteiger partial charge in [-0.3, -0.25) is 4.79 Å². The van der Waals surface area contributed by atoms with Gasteiger partial charge in [-0.2, -0.15) is 0 Å². The minimum Gasteiger partial charge on any atom is -0.333 e. The zero-order valence-corrected chi connectivity index (χ0v) is 16.4. The number of aromatic nitrogens is 1. The molecule has 9 heteroatoms. The highest BCUT2D eigenvalue weighted by Gasteiger charge is 2.23. The Bertz CT molecular complexity index is 1060. The highest BCUT2D eigenvalue weighted by Crippen LogP contribution is 2.30. The molecule has 2 N–H and O–H groups in total. The molecule has 6 nitrogen and oxygen atoms in total. The third-order valence-corrected chi connectivity index (χ3v) is 6.65. The lowest BCUT2D eigenvalue weighted by molar-refractivity contribution is 0.0742. The van der Waals surface area contributed by atoms with Gasteiger partial charge in [-0.05, 0) is 37.3 Å². The van der Waals surface area contributed by atoms with Crippen LogP contribution in [0.2, 0.25) is 5.02 Å². The number of rotatable bonds is 4. The van der Waals surface area contributed by atoms with Crippen molar-refractivity contribution in [3.63, 3.8) is 0 Å². The summed E-state index contributed by atoms with van der Waals surface area (Å²) in [4.78, 5) is 18.6. The molecule has 0 aliphatic carbocycles. The summed E-state index contributed by atoms with van der Waals surface area (Å²) in [6.07, 6.45) is 0. The second kappa shape index (κ2) is 6.96. The van der Waals surface area contributed by atoms with Gasteiger partial charge in [0.05, 0.1) is 21.3 Å². The van der Waals surface area contributed by atoms with Gasteiger partial charge >= 0.3 is 0 Å². The molecule has 0 fully saturated rings. The van der Waals surface area contributed by atoms with Crippen molar-refractivity contribution in [3.8, 4) is 0 Å². The van der Waals surface area contributed by atoms with E-state index >= 15 is 0 Å². The Labute approximate surface area is 160 Å². The Morgan fingerprint density at radius 1 is 1.27 bits per heavy atom. The Hall–Kier alpha value is -2.00. The van der Waals surface area contributed by atoms with E-state index in [4.69, 9.17) is 16.7 Å². The van der Waals surface area contributed by atoms with Crippen molar-refractivity contribution in [1.29, 1.82) is 0 Å². The second-order valence-electron chi connectivity index (χ2n) is 5.80. The van der Waals surface area contributed by atoms with Crippen LogP contribution in [-0.4, -0.2) is 31.3 Å². The van der Waals surface area contributed by atoms with E-state index < -0.39 is 10.0 Å². The summed E-state index contributed by atoms with van der Waals surface area (Å²) in [5.41, 5.74) is 1.07. The molecule has 0 radical (unpaired) electrons. The highest BCUT2D eigenvalue weighted by molar-refractivity contribution is 7.89. The molecule has 2 aromatic carbocycles. The van der Waals surface area contributed by atoms with Crippen LogP contribution in [0.25, 0.3) is 10.2 Å². The monoisotopic (exact) mass is 409 g/mol. The van der Waals surface area contributed by atoms with Gasteiger partial charge in [-0.25, -0.2) is 18.5 Å². The molecule has 0 aliphatic heterocycles. The largest absolute Gasteiger partial charge is 0.333 e. The van der Waals surface area contributed by atoms with Crippen molar-refractivity contribution in [2.24, 2.45) is 5.14 Å². The molecule has 0 unspecified atom stereocenters. The first-order valence-corrected chi connectivity index (χ1v) is 10.4. The lowest BCUT2D eigenvalue weighted by Crippen LogP contribution is -2.29. The number of hydrogen-bond donors (Lipinski definition) is 1. The Balaban J connectivity index is 1.92. The van der Waals surface area contributed by atoms with E-state index in [9.17, 15) is 13.2 Å². The summed E-state index contributed by atoms with van der Waals surface area (Å²) >= 11 is 7.39. The predicted octanol–water partition coefficient (Wildman–Crippen LogP) is 3.43. The van der Waals surface area contributed by atoms with Crippen LogP contribution in [0.4, 0.5) is 0 Å². The number of carbonyl (C=O) groups is 1. The molecule has 3 rings (SSSR count). The van der Waals surface area contributed by atoms with E-state index in [0.29, 0.717) is 0 Å². The maximum Gasteiger partial charge on any atom is 0.254 e. The van der Waals surface area contributed by atoms with Crippen LogP contribution in [0.15, 0.2) is 47.4 Å². The summed E-state index contributed by atoms with van der Waals surface area (Å²) in [5.74, 6) is -0.349. The van der Waals surface area contributed by atoms with E-state index in [2.05, 4.69) is 4.98 Å². The number of benzene rings is 2. The van der Waals surface area contributed by atoms with Gasteiger partial charge in [0, 0.05) is 12.6 Å². The molecule has 3 aromatic rings. The zero-order chi connectivity index (χ0) is 19.1. The van der Waals surface area contributed by atoms with Crippen molar-refractivity contribution in [1.82, 2.24) is 9.88 Å². The number of amides is 1. The third kappa shape index (κ3) is 3.59. The van der Waals surface area contributed by atoms with Gasteiger partial charge in [0.25, 0.3) is 5.91 Å². The molecule has 1 aromatic heterocycles. The minimum absolute atomic E-state index is 0.0223. The second-order valence-corrected chi connectivity index (χ2v) is 8.80. The van der Waals surface area contributed by atoms with Crippen LogP contribution >= 0.6 is 22.9 Å². The van der Waals surface area contributed by atoms with Crippen LogP contribution in [0.1, 0.15) is 28.3 Å². The number of fused-ring (bicyclic) bond motifs is 1. The minimum atomic E-state index is -4.02. The molecule has 26 heavy (non-hydrogen) atoms. The zero-order valence-electron chi connectivity index (χ0n) is 14.0. The first kappa shape index (κ1) is 18.8. The fourth-order valence-electron chi connectivity index (χ4n) is 2.47. The Morgan fingerprint density at radius 2 is 1.96 bits per heavy atom. The molecule has 1 heterocycles. The standard InChI is InChI=1S/C17H16ClN3O3S2/c1-10(16-20-13-5-3-4-6-14(13)25-16)21(2)17(22)11-7-8-12(18)15(9-11)26(19,23)24/h3-10H,1-2H3,(H2,19,23,24)/t10-/m1/s1. The molecule has 1 atom stereocenters. The molecular weight excluding hydrogens is 394 g/mol. The highest BCUT2D eigenvalue weighted by atomic mass is 35.5. The van der Waals surface area contributed by atoms with Gasteiger partial charge in [-0.15, -0.1) is 11.3 Å². The van der Waals surface area contributed by atoms with Crippen LogP contribution < -0.4 is 5.14 Å². The molecule has 0 spiro atoms. The van der Waals surface area contributed by atoms with Crippen molar-refractivity contribution in [2.75, 3.05) is 7.05 Å². The number of nitrogens with zero attached hydrogens (tertiary/aromatic N) is 2. The molecule has 0 bridgehead atoms. The molecule has 0 aliphatic rings. The van der Waals surface area contributed by atoms with Gasteiger partial charge < -0.3 is 4.90 Å². The van der Waals surface area contributed by atoms with Gasteiger partial charge in [0.15, 0.2) is 0 Å². The fourth-order valence-corrected chi connectivity index (χ4v) is 4.60. The summed E-state index contributed by atoms with van der Waals surface area (Å²) < 4.78 is 24.3. The summed E-state index contributed by atoms with van der Waals surface area (Å²) in [7, 11) is -2.37. The maximum absolute atomic E-state index is 12.8. The summed E-state index contributed by atoms with van der Waals surface area (Å²) in [6.45, 7) is 1.87. The number of carbonyl (C=O) groups excluding carboxylic acids is 1. The first-order valence-electron chi connectivity index (χ1n) is 7.63. The number of thiazole rings is 1. The van der Waals surface area contributed by atoms with Crippen LogP contribution in [-0.2, 0) is 10.0 Å². The van der Waals surface area contributed by atoms with Crippen molar-refractivity contribution < 1.29 is 13.2 Å². The quantitative estimate of drug-likeness (QED) is 0.714. The molecule has 136 valence electrons. The van der Waals surface area contributed by atoms with Crippen LogP contribution in [0.3, 0.4) is 0 Å². The fraction of sp³-hybridized carbons (Fsp3) is 0.176.